The zero-order valence-corrected chi connectivity index (χ0v) is 27.0. The second kappa shape index (κ2) is 12.8. The van der Waals surface area contributed by atoms with Gasteiger partial charge in [0.2, 0.25) is 0 Å². The standard InChI is InChI=1S/C40H48N2/c1-25(2)13-29-17-30(14-26(3)4)20-35(19-29)39-40(36-21-31(15-27(5)6)18-32(22-36)16-28(7)8)42-38-24-34-12-10-9-11-33(34)23-37(38)41-39/h9-12,17-28H,13-16H2,1-8H3. The molecule has 0 bridgehead atoms. The molecule has 4 aromatic carbocycles. The van der Waals surface area contributed by atoms with E-state index in [1.807, 2.05) is 0 Å². The Morgan fingerprint density at radius 2 is 0.738 bits per heavy atom. The molecular formula is C40H48N2. The minimum Gasteiger partial charge on any atom is -0.244 e. The number of nitrogens with zero attached hydrogens (tertiary/aromatic N) is 2. The van der Waals surface area contributed by atoms with Crippen molar-refractivity contribution in [2.45, 2.75) is 81.1 Å². The van der Waals surface area contributed by atoms with Crippen LogP contribution in [0.4, 0.5) is 0 Å². The molecule has 42 heavy (non-hydrogen) atoms. The van der Waals surface area contributed by atoms with E-state index in [0.717, 1.165) is 48.1 Å². The average Bonchev–Trinajstić information content (AvgIpc) is 2.89. The van der Waals surface area contributed by atoms with Crippen LogP contribution in [0.15, 0.2) is 72.8 Å². The van der Waals surface area contributed by atoms with E-state index in [1.54, 1.807) is 0 Å². The molecule has 1 heterocycles. The van der Waals surface area contributed by atoms with E-state index in [1.165, 1.54) is 44.2 Å². The van der Waals surface area contributed by atoms with Gasteiger partial charge >= 0.3 is 0 Å². The Balaban J connectivity index is 1.80. The summed E-state index contributed by atoms with van der Waals surface area (Å²) in [6, 6.07) is 27.3. The highest BCUT2D eigenvalue weighted by Gasteiger charge is 2.18. The Bertz CT molecular complexity index is 1510. The summed E-state index contributed by atoms with van der Waals surface area (Å²) < 4.78 is 0. The second-order valence-corrected chi connectivity index (χ2v) is 14.1. The van der Waals surface area contributed by atoms with E-state index in [2.05, 4.69) is 128 Å². The third-order valence-corrected chi connectivity index (χ3v) is 7.76. The fourth-order valence-corrected chi connectivity index (χ4v) is 6.30. The number of fused-ring (bicyclic) bond motifs is 2. The number of hydrogen-bond acceptors (Lipinski definition) is 2. The van der Waals surface area contributed by atoms with Crippen molar-refractivity contribution in [2.24, 2.45) is 23.7 Å². The predicted molar refractivity (Wildman–Crippen MR) is 182 cm³/mol. The Hall–Kier alpha value is -3.52. The van der Waals surface area contributed by atoms with Gasteiger partial charge in [-0.15, -0.1) is 0 Å². The molecule has 0 unspecified atom stereocenters. The molecule has 0 N–H and O–H groups in total. The topological polar surface area (TPSA) is 25.8 Å². The van der Waals surface area contributed by atoms with Gasteiger partial charge in [0.05, 0.1) is 22.4 Å². The molecule has 5 rings (SSSR count). The summed E-state index contributed by atoms with van der Waals surface area (Å²) >= 11 is 0. The molecule has 0 radical (unpaired) electrons. The first kappa shape index (κ1) is 30.0. The first-order valence-electron chi connectivity index (χ1n) is 16.0. The normalized spacial score (nSPS) is 12.1. The van der Waals surface area contributed by atoms with Crippen molar-refractivity contribution in [2.75, 3.05) is 0 Å². The van der Waals surface area contributed by atoms with Crippen molar-refractivity contribution in [1.82, 2.24) is 9.97 Å². The van der Waals surface area contributed by atoms with Gasteiger partial charge in [-0.25, -0.2) is 9.97 Å². The Labute approximate surface area is 253 Å². The summed E-state index contributed by atoms with van der Waals surface area (Å²) in [5.74, 6) is 2.36. The fraction of sp³-hybridized carbons (Fsp3) is 0.400. The number of aromatic nitrogens is 2. The van der Waals surface area contributed by atoms with Gasteiger partial charge in [-0.05, 0) is 119 Å². The molecule has 2 nitrogen and oxygen atoms in total. The summed E-state index contributed by atoms with van der Waals surface area (Å²) in [4.78, 5) is 10.9. The maximum atomic E-state index is 5.43. The molecule has 218 valence electrons. The van der Waals surface area contributed by atoms with Crippen LogP contribution in [0.5, 0.6) is 0 Å². The highest BCUT2D eigenvalue weighted by atomic mass is 14.8. The van der Waals surface area contributed by atoms with Gasteiger partial charge < -0.3 is 0 Å². The van der Waals surface area contributed by atoms with Gasteiger partial charge in [-0.1, -0.05) is 91.8 Å². The van der Waals surface area contributed by atoms with Crippen LogP contribution in [-0.4, -0.2) is 9.97 Å². The minimum atomic E-state index is 0.590. The van der Waals surface area contributed by atoms with E-state index in [-0.39, 0.29) is 0 Å². The highest BCUT2D eigenvalue weighted by Crippen LogP contribution is 2.35. The minimum absolute atomic E-state index is 0.590. The van der Waals surface area contributed by atoms with E-state index in [9.17, 15) is 0 Å². The summed E-state index contributed by atoms with van der Waals surface area (Å²) in [5.41, 5.74) is 11.8. The lowest BCUT2D eigenvalue weighted by Gasteiger charge is -2.17. The predicted octanol–water partition coefficient (Wildman–Crippen LogP) is 10.9. The van der Waals surface area contributed by atoms with E-state index in [4.69, 9.17) is 9.97 Å². The molecule has 0 saturated carbocycles. The molecular weight excluding hydrogens is 508 g/mol. The zero-order valence-electron chi connectivity index (χ0n) is 27.0. The molecule has 0 fully saturated rings. The zero-order chi connectivity index (χ0) is 30.0. The molecule has 1 aromatic heterocycles. The Morgan fingerprint density at radius 3 is 1.02 bits per heavy atom. The lowest BCUT2D eigenvalue weighted by Crippen LogP contribution is -2.03. The van der Waals surface area contributed by atoms with Crippen molar-refractivity contribution in [1.29, 1.82) is 0 Å². The highest BCUT2D eigenvalue weighted by molar-refractivity contribution is 5.97. The molecule has 0 atom stereocenters. The van der Waals surface area contributed by atoms with Crippen LogP contribution in [0.25, 0.3) is 44.3 Å². The summed E-state index contributed by atoms with van der Waals surface area (Å²) in [7, 11) is 0. The molecule has 0 aliphatic heterocycles. The molecule has 0 amide bonds. The van der Waals surface area contributed by atoms with Crippen molar-refractivity contribution >= 4 is 21.8 Å². The number of hydrogen-bond donors (Lipinski definition) is 0. The third-order valence-electron chi connectivity index (χ3n) is 7.76. The molecule has 5 aromatic rings. The lowest BCUT2D eigenvalue weighted by atomic mass is 9.90. The summed E-state index contributed by atoms with van der Waals surface area (Å²) in [5, 5.41) is 2.40. The SMILES string of the molecule is CC(C)Cc1cc(CC(C)C)cc(-c2nc3cc4ccccc4cc3nc2-c2cc(CC(C)C)cc(CC(C)C)c2)c1. The number of rotatable bonds is 10. The van der Waals surface area contributed by atoms with Gasteiger partial charge in [0.15, 0.2) is 0 Å². The van der Waals surface area contributed by atoms with Crippen LogP contribution in [0.2, 0.25) is 0 Å². The molecule has 0 aliphatic carbocycles. The van der Waals surface area contributed by atoms with Gasteiger partial charge in [-0.2, -0.15) is 0 Å². The lowest BCUT2D eigenvalue weighted by molar-refractivity contribution is 0.636. The monoisotopic (exact) mass is 556 g/mol. The van der Waals surface area contributed by atoms with Crippen LogP contribution in [-0.2, 0) is 25.7 Å². The van der Waals surface area contributed by atoms with Crippen molar-refractivity contribution in [3.8, 4) is 22.5 Å². The van der Waals surface area contributed by atoms with Crippen molar-refractivity contribution < 1.29 is 0 Å². The Kier molecular flexibility index (Phi) is 9.11. The average molecular weight is 557 g/mol. The van der Waals surface area contributed by atoms with E-state index >= 15 is 0 Å². The molecule has 2 heteroatoms. The van der Waals surface area contributed by atoms with Crippen LogP contribution in [0.1, 0.15) is 77.6 Å². The fourth-order valence-electron chi connectivity index (χ4n) is 6.30. The summed E-state index contributed by atoms with van der Waals surface area (Å²) in [6.45, 7) is 18.4. The quantitative estimate of drug-likeness (QED) is 0.160. The first-order valence-corrected chi connectivity index (χ1v) is 16.0. The van der Waals surface area contributed by atoms with E-state index in [0.29, 0.717) is 23.7 Å². The smallest absolute Gasteiger partial charge is 0.0973 e. The van der Waals surface area contributed by atoms with Crippen molar-refractivity contribution in [3.63, 3.8) is 0 Å². The summed E-state index contributed by atoms with van der Waals surface area (Å²) in [6.07, 6.45) is 4.23. The number of benzene rings is 4. The van der Waals surface area contributed by atoms with Gasteiger partial charge in [0, 0.05) is 11.1 Å². The largest absolute Gasteiger partial charge is 0.244 e. The van der Waals surface area contributed by atoms with Crippen LogP contribution in [0, 0.1) is 23.7 Å². The third kappa shape index (κ3) is 7.27. The molecule has 0 aliphatic rings. The van der Waals surface area contributed by atoms with Crippen LogP contribution >= 0.6 is 0 Å². The molecule has 0 spiro atoms. The maximum absolute atomic E-state index is 5.43. The van der Waals surface area contributed by atoms with Crippen LogP contribution < -0.4 is 0 Å². The van der Waals surface area contributed by atoms with Crippen LogP contribution in [0.3, 0.4) is 0 Å². The van der Waals surface area contributed by atoms with Crippen molar-refractivity contribution in [3.05, 3.63) is 95.1 Å². The molecule has 0 saturated heterocycles. The van der Waals surface area contributed by atoms with Gasteiger partial charge in [0.25, 0.3) is 0 Å². The first-order chi connectivity index (χ1) is 20.0. The van der Waals surface area contributed by atoms with Gasteiger partial charge in [-0.3, -0.25) is 0 Å². The van der Waals surface area contributed by atoms with E-state index < -0.39 is 0 Å². The second-order valence-electron chi connectivity index (χ2n) is 14.1. The Morgan fingerprint density at radius 1 is 0.429 bits per heavy atom. The van der Waals surface area contributed by atoms with Gasteiger partial charge in [0.1, 0.15) is 0 Å². The maximum Gasteiger partial charge on any atom is 0.0973 e.